The molecule has 0 saturated carbocycles. The molecule has 0 unspecified atom stereocenters. The van der Waals surface area contributed by atoms with Crippen LogP contribution < -0.4 is 14.2 Å². The van der Waals surface area contributed by atoms with Crippen molar-refractivity contribution in [2.75, 3.05) is 13.7 Å². The van der Waals surface area contributed by atoms with Crippen LogP contribution in [0.25, 0.3) is 11.6 Å². The maximum atomic E-state index is 12.1. The summed E-state index contributed by atoms with van der Waals surface area (Å²) in [4.78, 5) is 12.1. The van der Waals surface area contributed by atoms with Gasteiger partial charge in [0.1, 0.15) is 5.75 Å². The number of esters is 1. The SMILES string of the molecule is COc1cc(/C=C(\C#N)c2ccccc2)ccc1OC(=O)COc1cccc(Cl)c1. The predicted octanol–water partition coefficient (Wildman–Crippen LogP) is 5.40. The van der Waals surface area contributed by atoms with E-state index < -0.39 is 5.97 Å². The molecule has 0 atom stereocenters. The standard InChI is InChI=1S/C24H18ClNO4/c1-28-23-13-17(12-19(15-26)18-6-3-2-4-7-18)10-11-22(23)30-24(27)16-29-21-9-5-8-20(25)14-21/h2-14H,16H2,1H3/b19-12+. The first-order chi connectivity index (χ1) is 14.6. The smallest absolute Gasteiger partial charge is 0.349 e. The lowest BCUT2D eigenvalue weighted by Gasteiger charge is -2.11. The number of hydrogen-bond acceptors (Lipinski definition) is 5. The molecule has 5 nitrogen and oxygen atoms in total. The van der Waals surface area contributed by atoms with Crippen LogP contribution in [0.15, 0.2) is 72.8 Å². The Hall–Kier alpha value is -3.75. The van der Waals surface area contributed by atoms with E-state index in [-0.39, 0.29) is 12.4 Å². The second-order valence-electron chi connectivity index (χ2n) is 6.17. The molecule has 0 aromatic heterocycles. The molecule has 0 spiro atoms. The number of allylic oxidation sites excluding steroid dienone is 1. The van der Waals surface area contributed by atoms with Gasteiger partial charge < -0.3 is 14.2 Å². The third kappa shape index (κ3) is 5.63. The number of benzene rings is 3. The van der Waals surface area contributed by atoms with Crippen LogP contribution in [0.5, 0.6) is 17.2 Å². The highest BCUT2D eigenvalue weighted by Gasteiger charge is 2.12. The zero-order valence-corrected chi connectivity index (χ0v) is 16.9. The highest BCUT2D eigenvalue weighted by atomic mass is 35.5. The molecule has 0 saturated heterocycles. The van der Waals surface area contributed by atoms with Crippen molar-refractivity contribution in [2.24, 2.45) is 0 Å². The van der Waals surface area contributed by atoms with E-state index in [1.54, 1.807) is 48.5 Å². The average molecular weight is 420 g/mol. The van der Waals surface area contributed by atoms with Gasteiger partial charge in [-0.1, -0.05) is 54.1 Å². The molecule has 0 N–H and O–H groups in total. The van der Waals surface area contributed by atoms with Crippen molar-refractivity contribution >= 4 is 29.2 Å². The minimum atomic E-state index is -0.585. The molecule has 0 aliphatic rings. The van der Waals surface area contributed by atoms with Crippen molar-refractivity contribution in [3.8, 4) is 23.3 Å². The van der Waals surface area contributed by atoms with Crippen molar-refractivity contribution in [1.82, 2.24) is 0 Å². The Morgan fingerprint density at radius 1 is 1.03 bits per heavy atom. The highest BCUT2D eigenvalue weighted by molar-refractivity contribution is 6.30. The van der Waals surface area contributed by atoms with Gasteiger partial charge in [0.05, 0.1) is 18.8 Å². The fourth-order valence-electron chi connectivity index (χ4n) is 2.67. The Bertz CT molecular complexity index is 1100. The van der Waals surface area contributed by atoms with Gasteiger partial charge in [0.2, 0.25) is 0 Å². The number of carbonyl (C=O) groups excluding carboxylic acids is 1. The molecule has 0 aliphatic heterocycles. The van der Waals surface area contributed by atoms with E-state index >= 15 is 0 Å². The van der Waals surface area contributed by atoms with E-state index in [9.17, 15) is 10.1 Å². The summed E-state index contributed by atoms with van der Waals surface area (Å²) in [5, 5.41) is 9.98. The molecule has 3 aromatic carbocycles. The molecule has 0 fully saturated rings. The fourth-order valence-corrected chi connectivity index (χ4v) is 2.85. The van der Waals surface area contributed by atoms with E-state index in [1.165, 1.54) is 7.11 Å². The molecule has 0 aliphatic carbocycles. The Morgan fingerprint density at radius 2 is 1.83 bits per heavy atom. The van der Waals surface area contributed by atoms with Crippen LogP contribution in [-0.2, 0) is 4.79 Å². The second-order valence-corrected chi connectivity index (χ2v) is 6.60. The van der Waals surface area contributed by atoms with Gasteiger partial charge in [-0.3, -0.25) is 0 Å². The van der Waals surface area contributed by atoms with Gasteiger partial charge in [0.25, 0.3) is 0 Å². The van der Waals surface area contributed by atoms with Crippen LogP contribution in [-0.4, -0.2) is 19.7 Å². The number of halogens is 1. The quantitative estimate of drug-likeness (QED) is 0.222. The maximum absolute atomic E-state index is 12.1. The van der Waals surface area contributed by atoms with Gasteiger partial charge >= 0.3 is 5.97 Å². The summed E-state index contributed by atoms with van der Waals surface area (Å²) in [6.07, 6.45) is 1.74. The lowest BCUT2D eigenvalue weighted by Crippen LogP contribution is -2.18. The summed E-state index contributed by atoms with van der Waals surface area (Å²) in [5.41, 5.74) is 2.06. The summed E-state index contributed by atoms with van der Waals surface area (Å²) < 4.78 is 16.1. The first kappa shape index (κ1) is 21.0. The van der Waals surface area contributed by atoms with Crippen molar-refractivity contribution < 1.29 is 19.0 Å². The van der Waals surface area contributed by atoms with E-state index in [1.807, 2.05) is 30.3 Å². The molecule has 0 bridgehead atoms. The van der Waals surface area contributed by atoms with Crippen molar-refractivity contribution in [3.63, 3.8) is 0 Å². The van der Waals surface area contributed by atoms with E-state index in [2.05, 4.69) is 6.07 Å². The molecular formula is C24H18ClNO4. The van der Waals surface area contributed by atoms with Crippen LogP contribution in [0.4, 0.5) is 0 Å². The number of nitrogens with zero attached hydrogens (tertiary/aromatic N) is 1. The molecule has 3 rings (SSSR count). The van der Waals surface area contributed by atoms with Crippen molar-refractivity contribution in [3.05, 3.63) is 88.9 Å². The minimum absolute atomic E-state index is 0.257. The Labute approximate surface area is 179 Å². The number of methoxy groups -OCH3 is 1. The van der Waals surface area contributed by atoms with Crippen molar-refractivity contribution in [1.29, 1.82) is 5.26 Å². The van der Waals surface area contributed by atoms with Crippen LogP contribution >= 0.6 is 11.6 Å². The lowest BCUT2D eigenvalue weighted by atomic mass is 10.0. The van der Waals surface area contributed by atoms with E-state index in [0.29, 0.717) is 22.1 Å². The van der Waals surface area contributed by atoms with E-state index in [0.717, 1.165) is 11.1 Å². The molecule has 3 aromatic rings. The van der Waals surface area contributed by atoms with Gasteiger partial charge in [-0.2, -0.15) is 5.26 Å². The summed E-state index contributed by atoms with van der Waals surface area (Å²) in [5.74, 6) is 0.508. The Kier molecular flexibility index (Phi) is 7.09. The first-order valence-corrected chi connectivity index (χ1v) is 9.41. The molecule has 150 valence electrons. The third-order valence-electron chi connectivity index (χ3n) is 4.08. The number of rotatable bonds is 7. The predicted molar refractivity (Wildman–Crippen MR) is 116 cm³/mol. The molecule has 0 radical (unpaired) electrons. The number of carbonyl (C=O) groups is 1. The largest absolute Gasteiger partial charge is 0.493 e. The average Bonchev–Trinajstić information content (AvgIpc) is 2.77. The fraction of sp³-hybridized carbons (Fsp3) is 0.0833. The van der Waals surface area contributed by atoms with Gasteiger partial charge in [-0.25, -0.2) is 4.79 Å². The van der Waals surface area contributed by atoms with Crippen LogP contribution in [0.2, 0.25) is 5.02 Å². The second kappa shape index (κ2) is 10.1. The topological polar surface area (TPSA) is 68.5 Å². The number of nitriles is 1. The van der Waals surface area contributed by atoms with Gasteiger partial charge in [0.15, 0.2) is 18.1 Å². The normalized spacial score (nSPS) is 10.8. The first-order valence-electron chi connectivity index (χ1n) is 9.03. The lowest BCUT2D eigenvalue weighted by molar-refractivity contribution is -0.136. The molecular weight excluding hydrogens is 402 g/mol. The van der Waals surface area contributed by atoms with Crippen LogP contribution in [0.3, 0.4) is 0 Å². The van der Waals surface area contributed by atoms with Crippen molar-refractivity contribution in [2.45, 2.75) is 0 Å². The van der Waals surface area contributed by atoms with Gasteiger partial charge in [-0.15, -0.1) is 0 Å². The Balaban J connectivity index is 1.71. The monoisotopic (exact) mass is 419 g/mol. The molecule has 6 heteroatoms. The summed E-state index contributed by atoms with van der Waals surface area (Å²) in [7, 11) is 1.48. The zero-order chi connectivity index (χ0) is 21.3. The summed E-state index contributed by atoms with van der Waals surface area (Å²) >= 11 is 5.89. The third-order valence-corrected chi connectivity index (χ3v) is 4.32. The molecule has 30 heavy (non-hydrogen) atoms. The van der Waals surface area contributed by atoms with E-state index in [4.69, 9.17) is 25.8 Å². The van der Waals surface area contributed by atoms with Crippen LogP contribution in [0.1, 0.15) is 11.1 Å². The zero-order valence-electron chi connectivity index (χ0n) is 16.2. The summed E-state index contributed by atoms with van der Waals surface area (Å²) in [6, 6.07) is 23.3. The van der Waals surface area contributed by atoms with Gasteiger partial charge in [-0.05, 0) is 47.5 Å². The van der Waals surface area contributed by atoms with Crippen LogP contribution in [0, 0.1) is 11.3 Å². The summed E-state index contributed by atoms with van der Waals surface area (Å²) in [6.45, 7) is -0.280. The maximum Gasteiger partial charge on any atom is 0.349 e. The molecule has 0 amide bonds. The number of ether oxygens (including phenoxy) is 3. The number of hydrogen-bond donors (Lipinski definition) is 0. The Morgan fingerprint density at radius 3 is 2.53 bits per heavy atom. The minimum Gasteiger partial charge on any atom is -0.493 e. The van der Waals surface area contributed by atoms with Gasteiger partial charge in [0, 0.05) is 5.02 Å². The highest BCUT2D eigenvalue weighted by Crippen LogP contribution is 2.30. The molecule has 0 heterocycles.